The molecular formula is C16H33N3O. The molecule has 0 radical (unpaired) electrons. The van der Waals surface area contributed by atoms with Crippen LogP contribution >= 0.6 is 0 Å². The van der Waals surface area contributed by atoms with Gasteiger partial charge in [0.25, 0.3) is 0 Å². The van der Waals surface area contributed by atoms with Gasteiger partial charge in [0.15, 0.2) is 0 Å². The van der Waals surface area contributed by atoms with Gasteiger partial charge in [-0.15, -0.1) is 0 Å². The Hall–Kier alpha value is -0.160. The maximum atomic E-state index is 5.60. The smallest absolute Gasteiger partial charge is 0.0510 e. The third-order valence-corrected chi connectivity index (χ3v) is 4.96. The molecule has 0 aromatic carbocycles. The number of likely N-dealkylation sites (tertiary alicyclic amines) is 1. The molecule has 2 saturated heterocycles. The molecule has 4 heteroatoms. The number of rotatable bonds is 7. The molecule has 2 fully saturated rings. The second-order valence-electron chi connectivity index (χ2n) is 6.91. The summed E-state index contributed by atoms with van der Waals surface area (Å²) in [7, 11) is 4.42. The van der Waals surface area contributed by atoms with Crippen LogP contribution in [0.4, 0.5) is 0 Å². The predicted octanol–water partition coefficient (Wildman–Crippen LogP) is 1.27. The van der Waals surface area contributed by atoms with Crippen molar-refractivity contribution in [1.29, 1.82) is 0 Å². The van der Waals surface area contributed by atoms with Gasteiger partial charge in [-0.1, -0.05) is 13.8 Å². The van der Waals surface area contributed by atoms with Gasteiger partial charge in [-0.2, -0.15) is 0 Å². The summed E-state index contributed by atoms with van der Waals surface area (Å²) in [5.41, 5.74) is 0. The first-order valence-corrected chi connectivity index (χ1v) is 8.31. The summed E-state index contributed by atoms with van der Waals surface area (Å²) < 4.78 is 5.60. The fourth-order valence-corrected chi connectivity index (χ4v) is 3.73. The Morgan fingerprint density at radius 1 is 1.35 bits per heavy atom. The van der Waals surface area contributed by atoms with E-state index in [-0.39, 0.29) is 0 Å². The second kappa shape index (κ2) is 7.74. The Balaban J connectivity index is 1.87. The third kappa shape index (κ3) is 4.17. The Morgan fingerprint density at radius 3 is 2.70 bits per heavy atom. The van der Waals surface area contributed by atoms with Crippen molar-refractivity contribution in [3.05, 3.63) is 0 Å². The molecule has 4 unspecified atom stereocenters. The summed E-state index contributed by atoms with van der Waals surface area (Å²) in [6.07, 6.45) is 2.43. The monoisotopic (exact) mass is 283 g/mol. The molecule has 0 aromatic rings. The van der Waals surface area contributed by atoms with E-state index in [1.165, 1.54) is 32.5 Å². The normalized spacial score (nSPS) is 33.1. The highest BCUT2D eigenvalue weighted by molar-refractivity contribution is 4.90. The van der Waals surface area contributed by atoms with Gasteiger partial charge >= 0.3 is 0 Å². The number of nitrogens with zero attached hydrogens (tertiary/aromatic N) is 2. The van der Waals surface area contributed by atoms with Crippen LogP contribution in [0.2, 0.25) is 0 Å². The fraction of sp³-hybridized carbons (Fsp3) is 1.00. The number of hydrogen-bond acceptors (Lipinski definition) is 4. The Bertz CT molecular complexity index is 279. The molecule has 4 atom stereocenters. The van der Waals surface area contributed by atoms with E-state index in [0.29, 0.717) is 18.0 Å². The average Bonchev–Trinajstić information content (AvgIpc) is 3.03. The van der Waals surface area contributed by atoms with Crippen molar-refractivity contribution in [2.75, 3.05) is 53.5 Å². The van der Waals surface area contributed by atoms with Crippen LogP contribution in [0.3, 0.4) is 0 Å². The molecule has 118 valence electrons. The van der Waals surface area contributed by atoms with Crippen molar-refractivity contribution >= 4 is 0 Å². The highest BCUT2D eigenvalue weighted by Gasteiger charge is 2.34. The molecule has 0 saturated carbocycles. The van der Waals surface area contributed by atoms with Crippen molar-refractivity contribution < 1.29 is 4.74 Å². The van der Waals surface area contributed by atoms with Gasteiger partial charge < -0.3 is 15.0 Å². The molecule has 4 nitrogen and oxygen atoms in total. The van der Waals surface area contributed by atoms with Gasteiger partial charge in [0.1, 0.15) is 0 Å². The zero-order valence-electron chi connectivity index (χ0n) is 13.8. The predicted molar refractivity (Wildman–Crippen MR) is 84.1 cm³/mol. The topological polar surface area (TPSA) is 27.7 Å². The minimum absolute atomic E-state index is 0.602. The van der Waals surface area contributed by atoms with E-state index in [1.807, 2.05) is 0 Å². The van der Waals surface area contributed by atoms with Crippen LogP contribution in [0, 0.1) is 11.8 Å². The van der Waals surface area contributed by atoms with Crippen LogP contribution in [0.15, 0.2) is 0 Å². The van der Waals surface area contributed by atoms with E-state index in [2.05, 4.69) is 43.1 Å². The van der Waals surface area contributed by atoms with E-state index >= 15 is 0 Å². The second-order valence-corrected chi connectivity index (χ2v) is 6.91. The average molecular weight is 283 g/mol. The molecule has 2 aliphatic rings. The molecule has 2 aliphatic heterocycles. The van der Waals surface area contributed by atoms with Gasteiger partial charge in [0.05, 0.1) is 6.61 Å². The van der Waals surface area contributed by atoms with Crippen LogP contribution in [-0.4, -0.2) is 75.4 Å². The van der Waals surface area contributed by atoms with Gasteiger partial charge in [-0.3, -0.25) is 4.90 Å². The van der Waals surface area contributed by atoms with E-state index in [0.717, 1.165) is 25.7 Å². The summed E-state index contributed by atoms with van der Waals surface area (Å²) in [5.74, 6) is 1.48. The van der Waals surface area contributed by atoms with E-state index in [4.69, 9.17) is 4.74 Å². The SMILES string of the molecule is CCCNC(CN1CC(C)C(N(C)C)C1)C1CCOC1. The van der Waals surface area contributed by atoms with E-state index in [9.17, 15) is 0 Å². The third-order valence-electron chi connectivity index (χ3n) is 4.96. The first kappa shape index (κ1) is 16.2. The van der Waals surface area contributed by atoms with Gasteiger partial charge in [-0.25, -0.2) is 0 Å². The van der Waals surface area contributed by atoms with E-state index < -0.39 is 0 Å². The van der Waals surface area contributed by atoms with Gasteiger partial charge in [0, 0.05) is 44.2 Å². The lowest BCUT2D eigenvalue weighted by molar-refractivity contribution is 0.164. The lowest BCUT2D eigenvalue weighted by Gasteiger charge is -2.29. The fourth-order valence-electron chi connectivity index (χ4n) is 3.73. The molecule has 20 heavy (non-hydrogen) atoms. The molecule has 2 heterocycles. The van der Waals surface area contributed by atoms with E-state index in [1.54, 1.807) is 0 Å². The molecular weight excluding hydrogens is 250 g/mol. The number of hydrogen-bond donors (Lipinski definition) is 1. The molecule has 0 aromatic heterocycles. The van der Waals surface area contributed by atoms with Crippen molar-refractivity contribution in [2.45, 2.75) is 38.8 Å². The molecule has 0 bridgehead atoms. The Morgan fingerprint density at radius 2 is 2.15 bits per heavy atom. The minimum Gasteiger partial charge on any atom is -0.381 e. The quantitative estimate of drug-likeness (QED) is 0.761. The van der Waals surface area contributed by atoms with Crippen molar-refractivity contribution in [3.8, 4) is 0 Å². The van der Waals surface area contributed by atoms with Crippen molar-refractivity contribution in [2.24, 2.45) is 11.8 Å². The zero-order valence-corrected chi connectivity index (χ0v) is 13.8. The summed E-state index contributed by atoms with van der Waals surface area (Å²) >= 11 is 0. The van der Waals surface area contributed by atoms with Crippen molar-refractivity contribution in [3.63, 3.8) is 0 Å². The lowest BCUT2D eigenvalue weighted by Crippen LogP contribution is -2.46. The van der Waals surface area contributed by atoms with Crippen LogP contribution < -0.4 is 5.32 Å². The molecule has 0 amide bonds. The van der Waals surface area contributed by atoms with Crippen LogP contribution in [0.25, 0.3) is 0 Å². The van der Waals surface area contributed by atoms with Gasteiger partial charge in [-0.05, 0) is 39.4 Å². The van der Waals surface area contributed by atoms with Crippen LogP contribution in [-0.2, 0) is 4.74 Å². The molecule has 0 aliphatic carbocycles. The summed E-state index contributed by atoms with van der Waals surface area (Å²) in [6.45, 7) is 11.3. The summed E-state index contributed by atoms with van der Waals surface area (Å²) in [4.78, 5) is 5.04. The Labute approximate surface area is 124 Å². The summed E-state index contributed by atoms with van der Waals surface area (Å²) in [6, 6.07) is 1.31. The summed E-state index contributed by atoms with van der Waals surface area (Å²) in [5, 5.41) is 3.76. The first-order chi connectivity index (χ1) is 9.61. The minimum atomic E-state index is 0.602. The largest absolute Gasteiger partial charge is 0.381 e. The molecule has 1 N–H and O–H groups in total. The first-order valence-electron chi connectivity index (χ1n) is 8.31. The highest BCUT2D eigenvalue weighted by Crippen LogP contribution is 2.23. The van der Waals surface area contributed by atoms with Crippen LogP contribution in [0.1, 0.15) is 26.7 Å². The van der Waals surface area contributed by atoms with Crippen LogP contribution in [0.5, 0.6) is 0 Å². The zero-order chi connectivity index (χ0) is 14.5. The number of nitrogens with one attached hydrogen (secondary N) is 1. The standard InChI is InChI=1S/C16H33N3O/c1-5-7-17-15(14-6-8-20-12-14)10-19-9-13(2)16(11-19)18(3)4/h13-17H,5-12H2,1-4H3. The highest BCUT2D eigenvalue weighted by atomic mass is 16.5. The van der Waals surface area contributed by atoms with Crippen molar-refractivity contribution in [1.82, 2.24) is 15.1 Å². The lowest BCUT2D eigenvalue weighted by atomic mass is 9.98. The molecule has 2 rings (SSSR count). The maximum absolute atomic E-state index is 5.60. The Kier molecular flexibility index (Phi) is 6.27. The number of ether oxygens (including phenoxy) is 1. The maximum Gasteiger partial charge on any atom is 0.0510 e. The number of likely N-dealkylation sites (N-methyl/N-ethyl adjacent to an activating group) is 1. The molecule has 0 spiro atoms. The van der Waals surface area contributed by atoms with Gasteiger partial charge in [0.2, 0.25) is 0 Å².